The van der Waals surface area contributed by atoms with Crippen LogP contribution in [0.3, 0.4) is 0 Å². The Morgan fingerprint density at radius 3 is 3.00 bits per heavy atom. The second-order valence-electron chi connectivity index (χ2n) is 2.89. The number of hydrogen-bond donors (Lipinski definition) is 2. The van der Waals surface area contributed by atoms with Gasteiger partial charge in [0.1, 0.15) is 0 Å². The lowest BCUT2D eigenvalue weighted by Gasteiger charge is -2.11. The molecule has 1 aromatic heterocycles. The normalized spacial score (nSPS) is 12.2. The molecule has 1 atom stereocenters. The fourth-order valence-corrected chi connectivity index (χ4v) is 1.44. The van der Waals surface area contributed by atoms with Crippen LogP contribution in [-0.2, 0) is 0 Å². The Morgan fingerprint density at radius 1 is 1.69 bits per heavy atom. The van der Waals surface area contributed by atoms with E-state index in [1.54, 1.807) is 0 Å². The SMILES string of the molecule is CCC(C)NC(=O)Nc1cccs1. The zero-order valence-corrected chi connectivity index (χ0v) is 8.65. The molecular formula is C9H14N2OS. The highest BCUT2D eigenvalue weighted by atomic mass is 32.1. The molecule has 2 amide bonds. The zero-order valence-electron chi connectivity index (χ0n) is 7.83. The molecule has 1 unspecified atom stereocenters. The molecule has 1 heterocycles. The van der Waals surface area contributed by atoms with Crippen molar-refractivity contribution in [1.29, 1.82) is 0 Å². The third-order valence-corrected chi connectivity index (χ3v) is 2.53. The summed E-state index contributed by atoms with van der Waals surface area (Å²) < 4.78 is 0. The maximum absolute atomic E-state index is 11.3. The molecule has 0 fully saturated rings. The van der Waals surface area contributed by atoms with Crippen molar-refractivity contribution in [3.05, 3.63) is 17.5 Å². The molecule has 0 spiro atoms. The second kappa shape index (κ2) is 4.87. The molecule has 0 radical (unpaired) electrons. The molecule has 0 aliphatic carbocycles. The number of urea groups is 1. The summed E-state index contributed by atoms with van der Waals surface area (Å²) in [6.07, 6.45) is 0.942. The van der Waals surface area contributed by atoms with Gasteiger partial charge in [0.25, 0.3) is 0 Å². The summed E-state index contributed by atoms with van der Waals surface area (Å²) in [6.45, 7) is 4.02. The Balaban J connectivity index is 2.34. The minimum atomic E-state index is -0.128. The Kier molecular flexibility index (Phi) is 3.76. The molecule has 3 nitrogen and oxygen atoms in total. The van der Waals surface area contributed by atoms with Crippen LogP contribution in [0.2, 0.25) is 0 Å². The molecule has 4 heteroatoms. The van der Waals surface area contributed by atoms with Crippen LogP contribution in [0, 0.1) is 0 Å². The molecular weight excluding hydrogens is 184 g/mol. The van der Waals surface area contributed by atoms with Gasteiger partial charge in [-0.1, -0.05) is 6.92 Å². The van der Waals surface area contributed by atoms with Gasteiger partial charge in [0.05, 0.1) is 5.00 Å². The molecule has 0 bridgehead atoms. The minimum Gasteiger partial charge on any atom is -0.335 e. The van der Waals surface area contributed by atoms with Crippen molar-refractivity contribution < 1.29 is 4.79 Å². The van der Waals surface area contributed by atoms with Gasteiger partial charge in [-0.05, 0) is 30.9 Å². The van der Waals surface area contributed by atoms with Crippen molar-refractivity contribution >= 4 is 22.4 Å². The molecule has 0 aliphatic rings. The van der Waals surface area contributed by atoms with Gasteiger partial charge < -0.3 is 5.32 Å². The van der Waals surface area contributed by atoms with Crippen LogP contribution in [0.15, 0.2) is 17.5 Å². The van der Waals surface area contributed by atoms with Gasteiger partial charge in [-0.2, -0.15) is 0 Å². The average Bonchev–Trinajstić information content (AvgIpc) is 2.56. The van der Waals surface area contributed by atoms with Crippen LogP contribution in [0.25, 0.3) is 0 Å². The van der Waals surface area contributed by atoms with Gasteiger partial charge in [-0.3, -0.25) is 5.32 Å². The van der Waals surface area contributed by atoms with Crippen LogP contribution in [0.4, 0.5) is 9.80 Å². The monoisotopic (exact) mass is 198 g/mol. The van der Waals surface area contributed by atoms with Gasteiger partial charge in [0.15, 0.2) is 0 Å². The summed E-state index contributed by atoms with van der Waals surface area (Å²) in [5.74, 6) is 0. The van der Waals surface area contributed by atoms with Crippen molar-refractivity contribution in [2.45, 2.75) is 26.3 Å². The second-order valence-corrected chi connectivity index (χ2v) is 3.83. The average molecular weight is 198 g/mol. The molecule has 0 saturated heterocycles. The van der Waals surface area contributed by atoms with Crippen molar-refractivity contribution in [3.63, 3.8) is 0 Å². The quantitative estimate of drug-likeness (QED) is 0.770. The van der Waals surface area contributed by atoms with Gasteiger partial charge >= 0.3 is 6.03 Å². The van der Waals surface area contributed by atoms with Gasteiger partial charge in [-0.25, -0.2) is 4.79 Å². The van der Waals surface area contributed by atoms with E-state index in [-0.39, 0.29) is 12.1 Å². The van der Waals surface area contributed by atoms with E-state index in [0.29, 0.717) is 0 Å². The van der Waals surface area contributed by atoms with Crippen LogP contribution in [-0.4, -0.2) is 12.1 Å². The van der Waals surface area contributed by atoms with Gasteiger partial charge in [0.2, 0.25) is 0 Å². The van der Waals surface area contributed by atoms with E-state index in [4.69, 9.17) is 0 Å². The minimum absolute atomic E-state index is 0.128. The summed E-state index contributed by atoms with van der Waals surface area (Å²) in [7, 11) is 0. The van der Waals surface area contributed by atoms with E-state index >= 15 is 0 Å². The zero-order chi connectivity index (χ0) is 9.68. The third kappa shape index (κ3) is 3.46. The Bertz CT molecular complexity index is 259. The molecule has 2 N–H and O–H groups in total. The third-order valence-electron chi connectivity index (χ3n) is 1.75. The van der Waals surface area contributed by atoms with E-state index in [0.717, 1.165) is 11.4 Å². The highest BCUT2D eigenvalue weighted by Gasteiger charge is 2.04. The van der Waals surface area contributed by atoms with Crippen LogP contribution < -0.4 is 10.6 Å². The number of anilines is 1. The Morgan fingerprint density at radius 2 is 2.46 bits per heavy atom. The van der Waals surface area contributed by atoms with Crippen molar-refractivity contribution in [3.8, 4) is 0 Å². The highest BCUT2D eigenvalue weighted by Crippen LogP contribution is 2.14. The number of nitrogens with one attached hydrogen (secondary N) is 2. The number of rotatable bonds is 3. The van der Waals surface area contributed by atoms with Gasteiger partial charge in [-0.15, -0.1) is 11.3 Å². The lowest BCUT2D eigenvalue weighted by Crippen LogP contribution is -2.35. The highest BCUT2D eigenvalue weighted by molar-refractivity contribution is 7.14. The van der Waals surface area contributed by atoms with Crippen LogP contribution in [0.5, 0.6) is 0 Å². The molecule has 13 heavy (non-hydrogen) atoms. The van der Waals surface area contributed by atoms with E-state index in [2.05, 4.69) is 10.6 Å². The maximum Gasteiger partial charge on any atom is 0.320 e. The lowest BCUT2D eigenvalue weighted by molar-refractivity contribution is 0.249. The number of amides is 2. The molecule has 72 valence electrons. The number of hydrogen-bond acceptors (Lipinski definition) is 2. The first-order valence-electron chi connectivity index (χ1n) is 4.33. The molecule has 0 saturated carbocycles. The fourth-order valence-electron chi connectivity index (χ4n) is 0.824. The fraction of sp³-hybridized carbons (Fsp3) is 0.444. The first kappa shape index (κ1) is 10.1. The lowest BCUT2D eigenvalue weighted by atomic mass is 10.3. The first-order chi connectivity index (χ1) is 6.22. The topological polar surface area (TPSA) is 41.1 Å². The summed E-state index contributed by atoms with van der Waals surface area (Å²) in [5.41, 5.74) is 0. The van der Waals surface area contributed by atoms with E-state index < -0.39 is 0 Å². The smallest absolute Gasteiger partial charge is 0.320 e. The predicted octanol–water partition coefficient (Wildman–Crippen LogP) is 2.67. The van der Waals surface area contributed by atoms with Gasteiger partial charge in [0, 0.05) is 6.04 Å². The number of carbonyl (C=O) groups is 1. The number of carbonyl (C=O) groups excluding carboxylic acids is 1. The Labute approximate surface area is 82.2 Å². The molecule has 0 aromatic carbocycles. The van der Waals surface area contributed by atoms with Crippen molar-refractivity contribution in [2.24, 2.45) is 0 Å². The molecule has 0 aliphatic heterocycles. The predicted molar refractivity (Wildman–Crippen MR) is 56.2 cm³/mol. The summed E-state index contributed by atoms with van der Waals surface area (Å²) in [5, 5.41) is 8.39. The van der Waals surface area contributed by atoms with Crippen LogP contribution in [0.1, 0.15) is 20.3 Å². The largest absolute Gasteiger partial charge is 0.335 e. The van der Waals surface area contributed by atoms with Crippen molar-refractivity contribution in [1.82, 2.24) is 5.32 Å². The summed E-state index contributed by atoms with van der Waals surface area (Å²) in [4.78, 5) is 11.3. The van der Waals surface area contributed by atoms with Crippen LogP contribution >= 0.6 is 11.3 Å². The first-order valence-corrected chi connectivity index (χ1v) is 5.21. The standard InChI is InChI=1S/C9H14N2OS/c1-3-7(2)10-9(12)11-8-5-4-6-13-8/h4-7H,3H2,1-2H3,(H2,10,11,12). The molecule has 1 rings (SSSR count). The van der Waals surface area contributed by atoms with Crippen molar-refractivity contribution in [2.75, 3.05) is 5.32 Å². The number of thiophene rings is 1. The maximum atomic E-state index is 11.3. The molecule has 1 aromatic rings. The Hall–Kier alpha value is -1.03. The van der Waals surface area contributed by atoms with E-state index in [1.165, 1.54) is 11.3 Å². The summed E-state index contributed by atoms with van der Waals surface area (Å²) >= 11 is 1.51. The van der Waals surface area contributed by atoms with E-state index in [9.17, 15) is 4.79 Å². The summed E-state index contributed by atoms with van der Waals surface area (Å²) in [6, 6.07) is 3.88. The van der Waals surface area contributed by atoms with E-state index in [1.807, 2.05) is 31.4 Å².